The van der Waals surface area contributed by atoms with Crippen LogP contribution in [0.1, 0.15) is 15.5 Å². The van der Waals surface area contributed by atoms with E-state index < -0.39 is 0 Å². The predicted octanol–water partition coefficient (Wildman–Crippen LogP) is 3.79. The van der Waals surface area contributed by atoms with Crippen molar-refractivity contribution in [3.63, 3.8) is 0 Å². The van der Waals surface area contributed by atoms with Gasteiger partial charge in [0.15, 0.2) is 11.0 Å². The molecule has 3 aromatic heterocycles. The van der Waals surface area contributed by atoms with Gasteiger partial charge in [-0.2, -0.15) is 0 Å². The van der Waals surface area contributed by atoms with Crippen molar-refractivity contribution in [3.8, 4) is 17.1 Å². The molecular formula is C24H24ClN7O2S2. The summed E-state index contributed by atoms with van der Waals surface area (Å²) < 4.78 is 7.30. The van der Waals surface area contributed by atoms with E-state index in [1.54, 1.807) is 17.8 Å². The van der Waals surface area contributed by atoms with Crippen LogP contribution in [0.15, 0.2) is 59.3 Å². The number of rotatable bonds is 9. The van der Waals surface area contributed by atoms with Crippen LogP contribution in [-0.2, 0) is 10.5 Å². The number of aromatic nitrogens is 5. The lowest BCUT2D eigenvalue weighted by molar-refractivity contribution is 0.0383. The van der Waals surface area contributed by atoms with Crippen LogP contribution in [0.4, 0.5) is 0 Å². The third-order valence-corrected chi connectivity index (χ3v) is 7.88. The number of thiazole rings is 1. The average molecular weight is 542 g/mol. The van der Waals surface area contributed by atoms with Crippen LogP contribution in [0.2, 0.25) is 5.02 Å². The zero-order chi connectivity index (χ0) is 24.7. The zero-order valence-corrected chi connectivity index (χ0v) is 21.7. The number of thioether (sulfide) groups is 1. The summed E-state index contributed by atoms with van der Waals surface area (Å²) in [6.07, 6.45) is 3.44. The molecule has 0 atom stereocenters. The van der Waals surface area contributed by atoms with Crippen LogP contribution >= 0.6 is 34.7 Å². The Morgan fingerprint density at radius 1 is 1.14 bits per heavy atom. The average Bonchev–Trinajstić information content (AvgIpc) is 3.56. The fraction of sp³-hybridized carbons (Fsp3) is 0.292. The Morgan fingerprint density at radius 3 is 2.75 bits per heavy atom. The Hall–Kier alpha value is -2.83. The van der Waals surface area contributed by atoms with Crippen LogP contribution in [0.3, 0.4) is 0 Å². The summed E-state index contributed by atoms with van der Waals surface area (Å²) >= 11 is 9.48. The number of ether oxygens (including phenoxy) is 1. The number of amides is 1. The van der Waals surface area contributed by atoms with Crippen molar-refractivity contribution in [1.82, 2.24) is 34.9 Å². The van der Waals surface area contributed by atoms with Crippen molar-refractivity contribution in [2.75, 3.05) is 39.4 Å². The highest BCUT2D eigenvalue weighted by atomic mass is 35.5. The Morgan fingerprint density at radius 2 is 1.94 bits per heavy atom. The van der Waals surface area contributed by atoms with Gasteiger partial charge in [-0.15, -0.1) is 21.5 Å². The number of carbonyl (C=O) groups is 1. The van der Waals surface area contributed by atoms with Gasteiger partial charge in [0.25, 0.3) is 5.91 Å². The maximum atomic E-state index is 12.5. The fourth-order valence-electron chi connectivity index (χ4n) is 3.75. The third kappa shape index (κ3) is 5.93. The molecule has 0 unspecified atom stereocenters. The number of pyridine rings is 1. The number of benzene rings is 1. The van der Waals surface area contributed by atoms with E-state index >= 15 is 0 Å². The first-order valence-electron chi connectivity index (χ1n) is 11.5. The number of para-hydroxylation sites is 1. The van der Waals surface area contributed by atoms with E-state index in [9.17, 15) is 4.79 Å². The van der Waals surface area contributed by atoms with Gasteiger partial charge in [0.05, 0.1) is 29.7 Å². The fourth-order valence-corrected chi connectivity index (χ4v) is 5.71. The maximum absolute atomic E-state index is 12.5. The van der Waals surface area contributed by atoms with Gasteiger partial charge in [0.2, 0.25) is 0 Å². The van der Waals surface area contributed by atoms with Gasteiger partial charge in [-0.05, 0) is 24.3 Å². The lowest BCUT2D eigenvalue weighted by atomic mass is 10.2. The SMILES string of the molecule is O=C(NCCN1CCOCC1)c1csc(CSc2nnc(-c3ccncc3)n2-c2ccccc2Cl)n1. The maximum Gasteiger partial charge on any atom is 0.270 e. The monoisotopic (exact) mass is 541 g/mol. The molecule has 1 fully saturated rings. The number of nitrogens with one attached hydrogen (secondary N) is 1. The molecule has 9 nitrogen and oxygen atoms in total. The molecule has 4 heterocycles. The van der Waals surface area contributed by atoms with Gasteiger partial charge >= 0.3 is 0 Å². The van der Waals surface area contributed by atoms with Crippen LogP contribution < -0.4 is 5.32 Å². The minimum absolute atomic E-state index is 0.157. The Bertz CT molecular complexity index is 1310. The van der Waals surface area contributed by atoms with E-state index in [0.29, 0.717) is 34.0 Å². The first-order valence-corrected chi connectivity index (χ1v) is 13.7. The quantitative estimate of drug-likeness (QED) is 0.320. The summed E-state index contributed by atoms with van der Waals surface area (Å²) in [5, 5.41) is 15.7. The van der Waals surface area contributed by atoms with Gasteiger partial charge in [-0.1, -0.05) is 35.5 Å². The Balaban J connectivity index is 1.26. The van der Waals surface area contributed by atoms with E-state index in [2.05, 4.69) is 30.4 Å². The minimum atomic E-state index is -0.157. The Labute approximate surface area is 221 Å². The number of halogens is 1. The van der Waals surface area contributed by atoms with E-state index in [-0.39, 0.29) is 5.91 Å². The van der Waals surface area contributed by atoms with Crippen molar-refractivity contribution in [1.29, 1.82) is 0 Å². The summed E-state index contributed by atoms with van der Waals surface area (Å²) in [5.74, 6) is 1.06. The molecule has 12 heteroatoms. The summed E-state index contributed by atoms with van der Waals surface area (Å²) in [5.41, 5.74) is 2.11. The molecule has 0 bridgehead atoms. The molecule has 1 aromatic carbocycles. The molecule has 1 aliphatic rings. The van der Waals surface area contributed by atoms with E-state index in [1.165, 1.54) is 23.1 Å². The molecule has 186 valence electrons. The van der Waals surface area contributed by atoms with Crippen LogP contribution in [-0.4, -0.2) is 74.9 Å². The molecule has 0 spiro atoms. The zero-order valence-electron chi connectivity index (χ0n) is 19.3. The summed E-state index contributed by atoms with van der Waals surface area (Å²) in [6.45, 7) is 4.68. The van der Waals surface area contributed by atoms with Crippen molar-refractivity contribution in [3.05, 3.63) is 69.9 Å². The lowest BCUT2D eigenvalue weighted by Gasteiger charge is -2.26. The Kier molecular flexibility index (Phi) is 8.24. The summed E-state index contributed by atoms with van der Waals surface area (Å²) in [7, 11) is 0. The third-order valence-electron chi connectivity index (χ3n) is 5.59. The number of carbonyl (C=O) groups excluding carboxylic acids is 1. The first kappa shape index (κ1) is 24.8. The topological polar surface area (TPSA) is 98.1 Å². The summed E-state index contributed by atoms with van der Waals surface area (Å²) in [4.78, 5) is 23.5. The van der Waals surface area contributed by atoms with Crippen LogP contribution in [0, 0.1) is 0 Å². The molecule has 1 N–H and O–H groups in total. The van der Waals surface area contributed by atoms with Crippen molar-refractivity contribution < 1.29 is 9.53 Å². The van der Waals surface area contributed by atoms with E-state index in [1.807, 2.05) is 41.0 Å². The normalized spacial score (nSPS) is 14.1. The van der Waals surface area contributed by atoms with E-state index in [4.69, 9.17) is 16.3 Å². The van der Waals surface area contributed by atoms with E-state index in [0.717, 1.165) is 49.1 Å². The minimum Gasteiger partial charge on any atom is -0.379 e. The largest absolute Gasteiger partial charge is 0.379 e. The second-order valence-electron chi connectivity index (χ2n) is 7.95. The molecule has 1 saturated heterocycles. The van der Waals surface area contributed by atoms with Crippen molar-refractivity contribution in [2.45, 2.75) is 10.9 Å². The second kappa shape index (κ2) is 11.9. The smallest absolute Gasteiger partial charge is 0.270 e. The van der Waals surface area contributed by atoms with Crippen molar-refractivity contribution >= 4 is 40.6 Å². The molecule has 5 rings (SSSR count). The van der Waals surface area contributed by atoms with Crippen LogP contribution in [0.25, 0.3) is 17.1 Å². The lowest BCUT2D eigenvalue weighted by Crippen LogP contribution is -2.41. The highest BCUT2D eigenvalue weighted by Gasteiger charge is 2.19. The molecule has 4 aromatic rings. The molecule has 0 radical (unpaired) electrons. The van der Waals surface area contributed by atoms with Gasteiger partial charge in [0, 0.05) is 49.5 Å². The highest BCUT2D eigenvalue weighted by molar-refractivity contribution is 7.98. The van der Waals surface area contributed by atoms with Gasteiger partial charge in [0.1, 0.15) is 10.7 Å². The first-order chi connectivity index (χ1) is 17.7. The number of hydrogen-bond acceptors (Lipinski definition) is 9. The number of hydrogen-bond donors (Lipinski definition) is 1. The van der Waals surface area contributed by atoms with Gasteiger partial charge < -0.3 is 10.1 Å². The molecule has 0 saturated carbocycles. The van der Waals surface area contributed by atoms with Crippen molar-refractivity contribution in [2.24, 2.45) is 0 Å². The van der Waals surface area contributed by atoms with Crippen LogP contribution in [0.5, 0.6) is 0 Å². The highest BCUT2D eigenvalue weighted by Crippen LogP contribution is 2.32. The number of nitrogens with zero attached hydrogens (tertiary/aromatic N) is 6. The molecule has 1 aliphatic heterocycles. The molecule has 1 amide bonds. The van der Waals surface area contributed by atoms with Gasteiger partial charge in [-0.25, -0.2) is 4.98 Å². The molecule has 36 heavy (non-hydrogen) atoms. The second-order valence-corrected chi connectivity index (χ2v) is 10.2. The molecular weight excluding hydrogens is 518 g/mol. The molecule has 0 aliphatic carbocycles. The predicted molar refractivity (Wildman–Crippen MR) is 141 cm³/mol. The standard InChI is InChI=1S/C24H24ClN7O2S2/c25-18-3-1-2-4-20(18)32-22(17-5-7-26-8-6-17)29-30-24(32)36-16-21-28-19(15-35-21)23(33)27-9-10-31-11-13-34-14-12-31/h1-8,15H,9-14,16H2,(H,27,33). The van der Waals surface area contributed by atoms with Gasteiger partial charge in [-0.3, -0.25) is 19.2 Å². The number of morpholine rings is 1. The summed E-state index contributed by atoms with van der Waals surface area (Å²) in [6, 6.07) is 11.4.